The minimum Gasteiger partial charge on any atom is -0.480 e. The van der Waals surface area contributed by atoms with Crippen molar-refractivity contribution in [2.24, 2.45) is 0 Å². The van der Waals surface area contributed by atoms with Gasteiger partial charge in [0.2, 0.25) is 0 Å². The van der Waals surface area contributed by atoms with Crippen LogP contribution in [0.4, 0.5) is 28.9 Å². The zero-order chi connectivity index (χ0) is 29.2. The lowest BCUT2D eigenvalue weighted by atomic mass is 10.0. The van der Waals surface area contributed by atoms with Gasteiger partial charge >= 0.3 is 12.1 Å². The van der Waals surface area contributed by atoms with Gasteiger partial charge in [0.05, 0.1) is 40.5 Å². The molecule has 3 aromatic carbocycles. The molecule has 1 N–H and O–H groups in total. The molecule has 0 radical (unpaired) electrons. The van der Waals surface area contributed by atoms with E-state index in [0.717, 1.165) is 22.5 Å². The van der Waals surface area contributed by atoms with Crippen molar-refractivity contribution in [2.45, 2.75) is 11.1 Å². The fourth-order valence-electron chi connectivity index (χ4n) is 4.50. The van der Waals surface area contributed by atoms with Gasteiger partial charge < -0.3 is 10.0 Å². The van der Waals surface area contributed by atoms with Gasteiger partial charge in [0, 0.05) is 25.2 Å². The first-order valence-electron chi connectivity index (χ1n) is 12.0. The molecule has 0 atom stereocenters. The van der Waals surface area contributed by atoms with Crippen LogP contribution < -0.4 is 9.21 Å². The van der Waals surface area contributed by atoms with Crippen LogP contribution in [0.2, 0.25) is 0 Å². The molecule has 0 aliphatic carbocycles. The first-order chi connectivity index (χ1) is 18.8. The number of alkyl halides is 3. The zero-order valence-corrected chi connectivity index (χ0v) is 22.0. The van der Waals surface area contributed by atoms with E-state index in [-0.39, 0.29) is 42.0 Å². The second kappa shape index (κ2) is 11.1. The molecular formula is C27H24F4N4O4S. The normalized spacial score (nSPS) is 13.7. The number of carbonyl (C=O) groups is 1. The minimum absolute atomic E-state index is 0.0524. The van der Waals surface area contributed by atoms with Crippen LogP contribution in [-0.4, -0.2) is 64.2 Å². The fourth-order valence-corrected chi connectivity index (χ4v) is 6.00. The number of fused-ring (bicyclic) bond motifs is 1. The second-order valence-electron chi connectivity index (χ2n) is 9.20. The Morgan fingerprint density at radius 1 is 1.07 bits per heavy atom. The number of rotatable bonds is 8. The Morgan fingerprint density at radius 3 is 2.48 bits per heavy atom. The number of nitriles is 1. The van der Waals surface area contributed by atoms with E-state index in [1.54, 1.807) is 30.1 Å². The molecule has 0 saturated heterocycles. The lowest BCUT2D eigenvalue weighted by molar-refractivity contribution is -0.138. The molecule has 0 bridgehead atoms. The van der Waals surface area contributed by atoms with Gasteiger partial charge in [-0.25, -0.2) is 12.8 Å². The zero-order valence-electron chi connectivity index (χ0n) is 21.2. The summed E-state index contributed by atoms with van der Waals surface area (Å²) in [7, 11) is -2.86. The van der Waals surface area contributed by atoms with Gasteiger partial charge in [-0.1, -0.05) is 24.3 Å². The summed E-state index contributed by atoms with van der Waals surface area (Å²) >= 11 is 0. The highest BCUT2D eigenvalue weighted by molar-refractivity contribution is 7.92. The molecule has 40 heavy (non-hydrogen) atoms. The van der Waals surface area contributed by atoms with Gasteiger partial charge in [0.15, 0.2) is 0 Å². The standard InChI is InChI=1S/C27H24F4N4O4S/c1-33(17-25(36)37)10-11-34-12-13-35(40(38,39)21-6-3-5-20(15-21)27(29,30)31)24-14-18(8-9-23(24)34)22-7-2-4-19(16-32)26(22)28/h2-9,14-15H,10-13,17H2,1H3,(H,36,37). The Morgan fingerprint density at radius 2 is 1.80 bits per heavy atom. The molecule has 13 heteroatoms. The van der Waals surface area contributed by atoms with Crippen molar-refractivity contribution in [3.8, 4) is 17.2 Å². The summed E-state index contributed by atoms with van der Waals surface area (Å²) in [5, 5.41) is 18.3. The van der Waals surface area contributed by atoms with E-state index in [9.17, 15) is 31.6 Å². The van der Waals surface area contributed by atoms with E-state index >= 15 is 4.39 Å². The number of carboxylic acid groups (broad SMARTS) is 1. The van der Waals surface area contributed by atoms with Crippen LogP contribution in [0, 0.1) is 17.1 Å². The quantitative estimate of drug-likeness (QED) is 0.396. The maximum Gasteiger partial charge on any atom is 0.416 e. The van der Waals surface area contributed by atoms with E-state index in [0.29, 0.717) is 24.8 Å². The minimum atomic E-state index is -4.75. The third-order valence-corrected chi connectivity index (χ3v) is 8.30. The highest BCUT2D eigenvalue weighted by Crippen LogP contribution is 2.41. The van der Waals surface area contributed by atoms with Crippen LogP contribution in [0.15, 0.2) is 65.6 Å². The summed E-state index contributed by atoms with van der Waals surface area (Å²) in [6, 6.07) is 14.0. The maximum atomic E-state index is 15.0. The maximum absolute atomic E-state index is 15.0. The molecule has 1 heterocycles. The van der Waals surface area contributed by atoms with Crippen LogP contribution in [0.5, 0.6) is 0 Å². The Kier molecular flexibility index (Phi) is 8.04. The lowest BCUT2D eigenvalue weighted by Crippen LogP contribution is -2.46. The van der Waals surface area contributed by atoms with E-state index in [4.69, 9.17) is 5.11 Å². The number of benzene rings is 3. The van der Waals surface area contributed by atoms with E-state index in [1.165, 1.54) is 24.3 Å². The molecule has 210 valence electrons. The number of carboxylic acids is 1. The molecule has 0 aromatic heterocycles. The van der Waals surface area contributed by atoms with Crippen molar-refractivity contribution in [2.75, 3.05) is 49.0 Å². The number of likely N-dealkylation sites (N-methyl/N-ethyl adjacent to an activating group) is 1. The Labute approximate surface area is 228 Å². The summed E-state index contributed by atoms with van der Waals surface area (Å²) < 4.78 is 83.4. The molecule has 0 unspecified atom stereocenters. The third kappa shape index (κ3) is 5.88. The Hall–Kier alpha value is -4.15. The summed E-state index contributed by atoms with van der Waals surface area (Å²) in [4.78, 5) is 13.9. The monoisotopic (exact) mass is 576 g/mol. The van der Waals surface area contributed by atoms with Crippen molar-refractivity contribution in [3.05, 3.63) is 77.6 Å². The molecule has 0 amide bonds. The van der Waals surface area contributed by atoms with Gasteiger partial charge in [0.25, 0.3) is 10.0 Å². The Bertz CT molecular complexity index is 1590. The van der Waals surface area contributed by atoms with Gasteiger partial charge in [-0.05, 0) is 49.0 Å². The van der Waals surface area contributed by atoms with E-state index < -0.39 is 38.4 Å². The molecule has 0 fully saturated rings. The summed E-state index contributed by atoms with van der Waals surface area (Å²) in [5.74, 6) is -1.80. The fraction of sp³-hybridized carbons (Fsp3) is 0.259. The van der Waals surface area contributed by atoms with Crippen molar-refractivity contribution >= 4 is 27.4 Å². The SMILES string of the molecule is CN(CCN1CCN(S(=O)(=O)c2cccc(C(F)(F)F)c2)c2cc(-c3cccc(C#N)c3F)ccc21)CC(=O)O. The number of anilines is 2. The average Bonchev–Trinajstić information content (AvgIpc) is 2.90. The number of hydrogen-bond donors (Lipinski definition) is 1. The predicted molar refractivity (Wildman–Crippen MR) is 140 cm³/mol. The van der Waals surface area contributed by atoms with Crippen LogP contribution in [0.1, 0.15) is 11.1 Å². The highest BCUT2D eigenvalue weighted by Gasteiger charge is 2.36. The largest absolute Gasteiger partial charge is 0.480 e. The number of aliphatic carboxylic acids is 1. The van der Waals surface area contributed by atoms with Crippen molar-refractivity contribution < 1.29 is 35.9 Å². The van der Waals surface area contributed by atoms with E-state index in [1.807, 2.05) is 4.90 Å². The number of nitrogens with zero attached hydrogens (tertiary/aromatic N) is 4. The predicted octanol–water partition coefficient (Wildman–Crippen LogP) is 4.41. The third-order valence-electron chi connectivity index (χ3n) is 6.49. The molecule has 0 spiro atoms. The van der Waals surface area contributed by atoms with Gasteiger partial charge in [-0.3, -0.25) is 14.0 Å². The molecule has 3 aromatic rings. The number of sulfonamides is 1. The summed E-state index contributed by atoms with van der Waals surface area (Å²) in [6.45, 7) is 0.491. The average molecular weight is 577 g/mol. The second-order valence-corrected chi connectivity index (χ2v) is 11.1. The van der Waals surface area contributed by atoms with E-state index in [2.05, 4.69) is 0 Å². The van der Waals surface area contributed by atoms with Gasteiger partial charge in [-0.2, -0.15) is 18.4 Å². The van der Waals surface area contributed by atoms with Crippen molar-refractivity contribution in [3.63, 3.8) is 0 Å². The highest BCUT2D eigenvalue weighted by atomic mass is 32.2. The molecule has 0 saturated carbocycles. The molecule has 8 nitrogen and oxygen atoms in total. The van der Waals surface area contributed by atoms with Crippen LogP contribution >= 0.6 is 0 Å². The first-order valence-corrected chi connectivity index (χ1v) is 13.4. The Balaban J connectivity index is 1.80. The van der Waals surface area contributed by atoms with Crippen molar-refractivity contribution in [1.82, 2.24) is 4.90 Å². The van der Waals surface area contributed by atoms with Crippen LogP contribution in [0.3, 0.4) is 0 Å². The topological polar surface area (TPSA) is 105 Å². The lowest BCUT2D eigenvalue weighted by Gasteiger charge is -2.39. The summed E-state index contributed by atoms with van der Waals surface area (Å²) in [6.07, 6.45) is -4.75. The number of halogens is 4. The van der Waals surface area contributed by atoms with Gasteiger partial charge in [0.1, 0.15) is 11.9 Å². The first kappa shape index (κ1) is 28.8. The molecular weight excluding hydrogens is 552 g/mol. The van der Waals surface area contributed by atoms with Crippen LogP contribution in [-0.2, 0) is 21.0 Å². The molecule has 1 aliphatic heterocycles. The molecule has 4 rings (SSSR count). The van der Waals surface area contributed by atoms with Crippen molar-refractivity contribution in [1.29, 1.82) is 5.26 Å². The van der Waals surface area contributed by atoms with Crippen LogP contribution in [0.25, 0.3) is 11.1 Å². The molecule has 1 aliphatic rings. The smallest absolute Gasteiger partial charge is 0.416 e. The summed E-state index contributed by atoms with van der Waals surface area (Å²) in [5.41, 5.74) is -0.459. The van der Waals surface area contributed by atoms with Gasteiger partial charge in [-0.15, -0.1) is 0 Å². The number of hydrogen-bond acceptors (Lipinski definition) is 6.